The summed E-state index contributed by atoms with van der Waals surface area (Å²) >= 11 is 0. The average Bonchev–Trinajstić information content (AvgIpc) is 3.24. The van der Waals surface area contributed by atoms with Crippen molar-refractivity contribution in [2.45, 2.75) is 303 Å². The molecule has 0 fully saturated rings. The van der Waals surface area contributed by atoms with Crippen LogP contribution in [-0.4, -0.2) is 37.2 Å². The molecule has 0 aromatic heterocycles. The Balaban J connectivity index is 4.25. The van der Waals surface area contributed by atoms with Crippen molar-refractivity contribution in [2.24, 2.45) is 0 Å². The topological polar surface area (TPSA) is 78.9 Å². The van der Waals surface area contributed by atoms with E-state index in [9.17, 15) is 14.4 Å². The molecular weight excluding hydrogens is 745 g/mol. The Bertz CT molecular complexity index is 931. The Kier molecular flexibility index (Phi) is 48.3. The molecule has 0 amide bonds. The monoisotopic (exact) mass is 847 g/mol. The van der Waals surface area contributed by atoms with E-state index >= 15 is 0 Å². The van der Waals surface area contributed by atoms with Crippen LogP contribution in [0.5, 0.6) is 0 Å². The lowest BCUT2D eigenvalue weighted by molar-refractivity contribution is -0.167. The summed E-state index contributed by atoms with van der Waals surface area (Å²) < 4.78 is 16.8. The molecule has 0 bridgehead atoms. The van der Waals surface area contributed by atoms with Gasteiger partial charge in [0.25, 0.3) is 0 Å². The Hall–Kier alpha value is -1.85. The third-order valence-corrected chi connectivity index (χ3v) is 12.0. The molecule has 354 valence electrons. The van der Waals surface area contributed by atoms with E-state index in [4.69, 9.17) is 14.2 Å². The van der Waals surface area contributed by atoms with Crippen molar-refractivity contribution in [1.82, 2.24) is 0 Å². The maximum Gasteiger partial charge on any atom is 0.306 e. The first-order valence-electron chi connectivity index (χ1n) is 26.7. The highest BCUT2D eigenvalue weighted by Gasteiger charge is 2.19. The normalized spacial score (nSPS) is 12.0. The Morgan fingerprint density at radius 2 is 0.550 bits per heavy atom. The van der Waals surface area contributed by atoms with E-state index in [1.165, 1.54) is 199 Å². The zero-order chi connectivity index (χ0) is 43.7. The third kappa shape index (κ3) is 47.2. The first-order valence-corrected chi connectivity index (χ1v) is 26.7. The van der Waals surface area contributed by atoms with E-state index in [1.54, 1.807) is 0 Å². The van der Waals surface area contributed by atoms with Gasteiger partial charge in [0, 0.05) is 19.3 Å². The molecular formula is C54H102O6. The van der Waals surface area contributed by atoms with Crippen molar-refractivity contribution in [2.75, 3.05) is 13.2 Å². The first kappa shape index (κ1) is 58.1. The molecule has 0 heterocycles. The number of carbonyl (C=O) groups is 3. The van der Waals surface area contributed by atoms with Crippen molar-refractivity contribution in [3.8, 4) is 0 Å². The van der Waals surface area contributed by atoms with Gasteiger partial charge in [-0.1, -0.05) is 245 Å². The summed E-state index contributed by atoms with van der Waals surface area (Å²) in [6.07, 6.45) is 54.8. The van der Waals surface area contributed by atoms with Gasteiger partial charge in [0.1, 0.15) is 13.2 Å². The molecule has 0 aliphatic rings. The number of esters is 3. The summed E-state index contributed by atoms with van der Waals surface area (Å²) in [4.78, 5) is 37.9. The molecule has 0 spiro atoms. The van der Waals surface area contributed by atoms with Crippen LogP contribution in [0.15, 0.2) is 12.2 Å². The van der Waals surface area contributed by atoms with Gasteiger partial charge in [0.15, 0.2) is 6.10 Å². The average molecular weight is 847 g/mol. The van der Waals surface area contributed by atoms with Crippen molar-refractivity contribution in [3.63, 3.8) is 0 Å². The number of carbonyl (C=O) groups excluding carboxylic acids is 3. The van der Waals surface area contributed by atoms with Gasteiger partial charge < -0.3 is 14.2 Å². The molecule has 0 saturated heterocycles. The summed E-state index contributed by atoms with van der Waals surface area (Å²) in [6, 6.07) is 0. The quantitative estimate of drug-likeness (QED) is 0.0263. The van der Waals surface area contributed by atoms with Gasteiger partial charge in [-0.25, -0.2) is 0 Å². The maximum absolute atomic E-state index is 12.8. The molecule has 0 unspecified atom stereocenters. The predicted octanol–water partition coefficient (Wildman–Crippen LogP) is 17.4. The number of ether oxygens (including phenoxy) is 3. The number of allylic oxidation sites excluding steroid dienone is 2. The van der Waals surface area contributed by atoms with Crippen molar-refractivity contribution in [1.29, 1.82) is 0 Å². The minimum atomic E-state index is -0.763. The van der Waals surface area contributed by atoms with Crippen molar-refractivity contribution >= 4 is 17.9 Å². The van der Waals surface area contributed by atoms with Gasteiger partial charge in [-0.3, -0.25) is 14.4 Å². The van der Waals surface area contributed by atoms with E-state index < -0.39 is 6.10 Å². The smallest absolute Gasteiger partial charge is 0.306 e. The zero-order valence-electron chi connectivity index (χ0n) is 40.5. The van der Waals surface area contributed by atoms with Crippen LogP contribution in [0, 0.1) is 0 Å². The molecule has 0 aliphatic carbocycles. The van der Waals surface area contributed by atoms with E-state index in [-0.39, 0.29) is 31.1 Å². The van der Waals surface area contributed by atoms with Gasteiger partial charge >= 0.3 is 17.9 Å². The minimum absolute atomic E-state index is 0.0652. The Morgan fingerprint density at radius 3 is 0.833 bits per heavy atom. The molecule has 1 atom stereocenters. The third-order valence-electron chi connectivity index (χ3n) is 12.0. The van der Waals surface area contributed by atoms with Crippen molar-refractivity contribution < 1.29 is 28.6 Å². The molecule has 6 heteroatoms. The highest BCUT2D eigenvalue weighted by atomic mass is 16.6. The van der Waals surface area contributed by atoms with E-state index in [0.717, 1.165) is 57.8 Å². The second kappa shape index (κ2) is 49.8. The van der Waals surface area contributed by atoms with Crippen LogP contribution in [0.3, 0.4) is 0 Å². The van der Waals surface area contributed by atoms with E-state index in [2.05, 4.69) is 32.9 Å². The van der Waals surface area contributed by atoms with Crippen LogP contribution in [-0.2, 0) is 28.6 Å². The predicted molar refractivity (Wildman–Crippen MR) is 256 cm³/mol. The van der Waals surface area contributed by atoms with Crippen LogP contribution in [0.25, 0.3) is 0 Å². The molecule has 0 aliphatic heterocycles. The van der Waals surface area contributed by atoms with E-state index in [0.29, 0.717) is 19.3 Å². The number of unbranched alkanes of at least 4 members (excludes halogenated alkanes) is 36. The molecule has 0 rings (SSSR count). The minimum Gasteiger partial charge on any atom is -0.462 e. The lowest BCUT2D eigenvalue weighted by Gasteiger charge is -2.18. The molecule has 0 radical (unpaired) electrons. The first-order chi connectivity index (χ1) is 29.5. The summed E-state index contributed by atoms with van der Waals surface area (Å²) in [5.41, 5.74) is 0. The fraction of sp³-hybridized carbons (Fsp3) is 0.907. The number of hydrogen-bond acceptors (Lipinski definition) is 6. The van der Waals surface area contributed by atoms with Crippen molar-refractivity contribution in [3.05, 3.63) is 12.2 Å². The van der Waals surface area contributed by atoms with Crippen LogP contribution in [0.1, 0.15) is 297 Å². The SMILES string of the molecule is CCCCCCCC/C=C\CCCCCCCCCCCC(=O)OC[C@H](COC(=O)CCCCCCCCCCCCCC)OC(=O)CCCCCCCCCCCCC. The summed E-state index contributed by atoms with van der Waals surface area (Å²) in [6.45, 7) is 6.66. The van der Waals surface area contributed by atoms with Gasteiger partial charge in [-0.2, -0.15) is 0 Å². The van der Waals surface area contributed by atoms with E-state index in [1.807, 2.05) is 0 Å². The summed E-state index contributed by atoms with van der Waals surface area (Å²) in [5, 5.41) is 0. The van der Waals surface area contributed by atoms with Gasteiger partial charge in [-0.05, 0) is 44.9 Å². The number of hydrogen-bond donors (Lipinski definition) is 0. The molecule has 0 N–H and O–H groups in total. The fourth-order valence-electron chi connectivity index (χ4n) is 7.97. The maximum atomic E-state index is 12.8. The standard InChI is InChI=1S/C54H102O6/c1-4-7-10-13-16-19-22-24-25-26-27-28-29-30-33-35-38-41-44-47-53(56)59-50-51(60-54(57)48-45-42-39-36-31-21-18-15-12-9-6-3)49-58-52(55)46-43-40-37-34-32-23-20-17-14-11-8-5-2/h24-25,51H,4-23,26-50H2,1-3H3/b25-24-/t51-/m0/s1. The summed E-state index contributed by atoms with van der Waals surface area (Å²) in [7, 11) is 0. The number of rotatable bonds is 49. The highest BCUT2D eigenvalue weighted by molar-refractivity contribution is 5.71. The lowest BCUT2D eigenvalue weighted by Crippen LogP contribution is -2.30. The molecule has 6 nitrogen and oxygen atoms in total. The molecule has 60 heavy (non-hydrogen) atoms. The molecule has 0 saturated carbocycles. The largest absolute Gasteiger partial charge is 0.462 e. The van der Waals surface area contributed by atoms with Crippen LogP contribution in [0.2, 0.25) is 0 Å². The molecule has 0 aromatic rings. The second-order valence-corrected chi connectivity index (χ2v) is 18.2. The zero-order valence-corrected chi connectivity index (χ0v) is 40.5. The lowest BCUT2D eigenvalue weighted by atomic mass is 10.0. The second-order valence-electron chi connectivity index (χ2n) is 18.2. The van der Waals surface area contributed by atoms with Crippen LogP contribution >= 0.6 is 0 Å². The van der Waals surface area contributed by atoms with Crippen LogP contribution < -0.4 is 0 Å². The van der Waals surface area contributed by atoms with Gasteiger partial charge in [0.05, 0.1) is 0 Å². The molecule has 0 aromatic carbocycles. The highest BCUT2D eigenvalue weighted by Crippen LogP contribution is 2.16. The van der Waals surface area contributed by atoms with Gasteiger partial charge in [-0.15, -0.1) is 0 Å². The van der Waals surface area contributed by atoms with Gasteiger partial charge in [0.2, 0.25) is 0 Å². The fourth-order valence-corrected chi connectivity index (χ4v) is 7.97. The Morgan fingerprint density at radius 1 is 0.317 bits per heavy atom. The Labute approximate surface area is 373 Å². The summed E-state index contributed by atoms with van der Waals surface area (Å²) in [5.74, 6) is -0.851. The van der Waals surface area contributed by atoms with Crippen LogP contribution in [0.4, 0.5) is 0 Å².